The Morgan fingerprint density at radius 3 is 2.13 bits per heavy atom. The van der Waals surface area contributed by atoms with Crippen LogP contribution in [0, 0.1) is 0 Å². The Morgan fingerprint density at radius 2 is 1.43 bits per heavy atom. The van der Waals surface area contributed by atoms with Crippen LogP contribution in [0.5, 0.6) is 0 Å². The lowest BCUT2D eigenvalue weighted by molar-refractivity contribution is 0.146. The fourth-order valence-electron chi connectivity index (χ4n) is 3.21. The van der Waals surface area contributed by atoms with Gasteiger partial charge < -0.3 is 9.80 Å². The SMILES string of the molecule is CCCCCN1C=CN(Cc2ccccc2)C1c1ccccc1. The van der Waals surface area contributed by atoms with Crippen molar-refractivity contribution in [1.29, 1.82) is 0 Å². The quantitative estimate of drug-likeness (QED) is 0.652. The molecule has 0 saturated carbocycles. The Labute approximate surface area is 140 Å². The zero-order valence-corrected chi connectivity index (χ0v) is 13.9. The molecule has 0 bridgehead atoms. The maximum atomic E-state index is 2.48. The molecule has 1 atom stereocenters. The van der Waals surface area contributed by atoms with E-state index in [-0.39, 0.29) is 0 Å². The topological polar surface area (TPSA) is 6.48 Å². The van der Waals surface area contributed by atoms with E-state index in [9.17, 15) is 0 Å². The third kappa shape index (κ3) is 3.95. The molecule has 23 heavy (non-hydrogen) atoms. The lowest BCUT2D eigenvalue weighted by Crippen LogP contribution is -2.31. The maximum absolute atomic E-state index is 2.48. The first-order valence-corrected chi connectivity index (χ1v) is 8.67. The number of nitrogens with zero attached hydrogens (tertiary/aromatic N) is 2. The van der Waals surface area contributed by atoms with Crippen LogP contribution in [0.25, 0.3) is 0 Å². The summed E-state index contributed by atoms with van der Waals surface area (Å²) in [5.74, 6) is 0. The normalized spacial score (nSPS) is 17.0. The van der Waals surface area contributed by atoms with E-state index in [1.165, 1.54) is 30.4 Å². The van der Waals surface area contributed by atoms with Crippen LogP contribution in [-0.4, -0.2) is 16.3 Å². The highest BCUT2D eigenvalue weighted by Crippen LogP contribution is 2.32. The number of benzene rings is 2. The van der Waals surface area contributed by atoms with Gasteiger partial charge in [-0.2, -0.15) is 0 Å². The van der Waals surface area contributed by atoms with Crippen LogP contribution in [0.3, 0.4) is 0 Å². The summed E-state index contributed by atoms with van der Waals surface area (Å²) in [5, 5.41) is 0. The molecular weight excluding hydrogens is 280 g/mol. The summed E-state index contributed by atoms with van der Waals surface area (Å²) in [6, 6.07) is 21.6. The summed E-state index contributed by atoms with van der Waals surface area (Å²) >= 11 is 0. The summed E-state index contributed by atoms with van der Waals surface area (Å²) in [5.41, 5.74) is 2.72. The molecule has 2 nitrogen and oxygen atoms in total. The maximum Gasteiger partial charge on any atom is 0.127 e. The molecule has 0 aliphatic carbocycles. The number of hydrogen-bond acceptors (Lipinski definition) is 2. The van der Waals surface area contributed by atoms with Gasteiger partial charge in [-0.25, -0.2) is 0 Å². The number of unbranched alkanes of at least 4 members (excludes halogenated alkanes) is 2. The molecule has 1 aliphatic rings. The predicted octanol–water partition coefficient (Wildman–Crippen LogP) is 5.16. The molecule has 0 fully saturated rings. The summed E-state index contributed by atoms with van der Waals surface area (Å²) in [7, 11) is 0. The number of rotatable bonds is 7. The molecule has 0 saturated heterocycles. The Morgan fingerprint density at radius 1 is 0.783 bits per heavy atom. The molecule has 0 radical (unpaired) electrons. The Balaban J connectivity index is 1.77. The van der Waals surface area contributed by atoms with Crippen molar-refractivity contribution in [3.8, 4) is 0 Å². The van der Waals surface area contributed by atoms with Crippen molar-refractivity contribution in [2.24, 2.45) is 0 Å². The van der Waals surface area contributed by atoms with E-state index in [1.54, 1.807) is 0 Å². The van der Waals surface area contributed by atoms with Gasteiger partial charge in [0, 0.05) is 25.5 Å². The van der Waals surface area contributed by atoms with Crippen LogP contribution in [0.2, 0.25) is 0 Å². The van der Waals surface area contributed by atoms with Crippen molar-refractivity contribution in [3.05, 3.63) is 84.2 Å². The van der Waals surface area contributed by atoms with E-state index in [2.05, 4.69) is 89.8 Å². The van der Waals surface area contributed by atoms with Crippen LogP contribution in [-0.2, 0) is 6.54 Å². The fraction of sp³-hybridized carbons (Fsp3) is 0.333. The third-order valence-corrected chi connectivity index (χ3v) is 4.40. The molecule has 0 N–H and O–H groups in total. The van der Waals surface area contributed by atoms with Gasteiger partial charge in [0.25, 0.3) is 0 Å². The molecule has 0 amide bonds. The van der Waals surface area contributed by atoms with Gasteiger partial charge in [0.1, 0.15) is 6.17 Å². The Kier molecular flexibility index (Phi) is 5.36. The average molecular weight is 306 g/mol. The van der Waals surface area contributed by atoms with Crippen molar-refractivity contribution in [2.75, 3.05) is 6.54 Å². The van der Waals surface area contributed by atoms with Crippen LogP contribution in [0.1, 0.15) is 43.5 Å². The van der Waals surface area contributed by atoms with Gasteiger partial charge in [-0.05, 0) is 17.5 Å². The molecule has 0 spiro atoms. The fourth-order valence-corrected chi connectivity index (χ4v) is 3.21. The largest absolute Gasteiger partial charge is 0.352 e. The summed E-state index contributed by atoms with van der Waals surface area (Å²) < 4.78 is 0. The van der Waals surface area contributed by atoms with Crippen molar-refractivity contribution < 1.29 is 0 Å². The first-order valence-electron chi connectivity index (χ1n) is 8.67. The van der Waals surface area contributed by atoms with E-state index in [0.717, 1.165) is 13.1 Å². The second-order valence-corrected chi connectivity index (χ2v) is 6.19. The molecule has 1 aliphatic heterocycles. The highest BCUT2D eigenvalue weighted by molar-refractivity contribution is 5.23. The Hall–Kier alpha value is -2.22. The van der Waals surface area contributed by atoms with E-state index >= 15 is 0 Å². The first kappa shape index (κ1) is 15.7. The molecule has 2 heteroatoms. The van der Waals surface area contributed by atoms with Gasteiger partial charge in [0.2, 0.25) is 0 Å². The summed E-state index contributed by atoms with van der Waals surface area (Å²) in [6.45, 7) is 4.33. The molecule has 2 aromatic carbocycles. The lowest BCUT2D eigenvalue weighted by Gasteiger charge is -2.33. The van der Waals surface area contributed by atoms with E-state index in [1.807, 2.05) is 0 Å². The highest BCUT2D eigenvalue weighted by Gasteiger charge is 2.27. The average Bonchev–Trinajstić information content (AvgIpc) is 2.99. The zero-order valence-electron chi connectivity index (χ0n) is 13.9. The van der Waals surface area contributed by atoms with Gasteiger partial charge in [-0.1, -0.05) is 80.4 Å². The highest BCUT2D eigenvalue weighted by atomic mass is 15.4. The van der Waals surface area contributed by atoms with E-state index < -0.39 is 0 Å². The minimum Gasteiger partial charge on any atom is -0.352 e. The molecule has 120 valence electrons. The lowest BCUT2D eigenvalue weighted by atomic mass is 10.1. The minimum atomic E-state index is 0.313. The molecule has 1 heterocycles. The Bertz CT molecular complexity index is 606. The molecule has 3 rings (SSSR count). The predicted molar refractivity (Wildman–Crippen MR) is 96.5 cm³/mol. The molecule has 2 aromatic rings. The second kappa shape index (κ2) is 7.87. The van der Waals surface area contributed by atoms with Gasteiger partial charge in [0.15, 0.2) is 0 Å². The first-order chi connectivity index (χ1) is 11.4. The zero-order chi connectivity index (χ0) is 15.9. The van der Waals surface area contributed by atoms with Gasteiger partial charge >= 0.3 is 0 Å². The second-order valence-electron chi connectivity index (χ2n) is 6.19. The molecular formula is C21H26N2. The smallest absolute Gasteiger partial charge is 0.127 e. The molecule has 1 unspecified atom stereocenters. The number of hydrogen-bond donors (Lipinski definition) is 0. The van der Waals surface area contributed by atoms with Crippen molar-refractivity contribution in [3.63, 3.8) is 0 Å². The van der Waals surface area contributed by atoms with Crippen LogP contribution in [0.4, 0.5) is 0 Å². The van der Waals surface area contributed by atoms with Crippen LogP contribution < -0.4 is 0 Å². The third-order valence-electron chi connectivity index (χ3n) is 4.40. The van der Waals surface area contributed by atoms with Gasteiger partial charge in [-0.3, -0.25) is 0 Å². The van der Waals surface area contributed by atoms with Gasteiger partial charge in [-0.15, -0.1) is 0 Å². The summed E-state index contributed by atoms with van der Waals surface area (Å²) in [6.07, 6.45) is 8.63. The van der Waals surface area contributed by atoms with E-state index in [4.69, 9.17) is 0 Å². The standard InChI is InChI=1S/C21H26N2/c1-2-3-10-15-22-16-17-23(18-19-11-6-4-7-12-19)21(22)20-13-8-5-9-14-20/h4-9,11-14,16-17,21H,2-3,10,15,18H2,1H3. The van der Waals surface area contributed by atoms with E-state index in [0.29, 0.717) is 6.17 Å². The van der Waals surface area contributed by atoms with Crippen molar-refractivity contribution in [1.82, 2.24) is 9.80 Å². The van der Waals surface area contributed by atoms with Crippen LogP contribution in [0.15, 0.2) is 73.1 Å². The van der Waals surface area contributed by atoms with Crippen LogP contribution >= 0.6 is 0 Å². The monoisotopic (exact) mass is 306 g/mol. The minimum absolute atomic E-state index is 0.313. The van der Waals surface area contributed by atoms with Crippen molar-refractivity contribution in [2.45, 2.75) is 38.9 Å². The van der Waals surface area contributed by atoms with Gasteiger partial charge in [0.05, 0.1) is 0 Å². The molecule has 0 aromatic heterocycles. The van der Waals surface area contributed by atoms with Crippen molar-refractivity contribution >= 4 is 0 Å². The summed E-state index contributed by atoms with van der Waals surface area (Å²) in [4.78, 5) is 4.92.